The lowest BCUT2D eigenvalue weighted by Gasteiger charge is -2.07. The summed E-state index contributed by atoms with van der Waals surface area (Å²) in [5, 5.41) is 12.6. The fraction of sp³-hybridized carbons (Fsp3) is 0.333. The number of nitrogens with one attached hydrogen (secondary N) is 1. The average Bonchev–Trinajstić information content (AvgIpc) is 2.30. The van der Waals surface area contributed by atoms with Crippen molar-refractivity contribution in [3.8, 4) is 0 Å². The van der Waals surface area contributed by atoms with Crippen LogP contribution < -0.4 is 5.32 Å². The van der Waals surface area contributed by atoms with Crippen molar-refractivity contribution >= 4 is 16.6 Å². The third-order valence-electron chi connectivity index (χ3n) is 2.39. The summed E-state index contributed by atoms with van der Waals surface area (Å²) in [6, 6.07) is 8.05. The molecule has 1 aromatic heterocycles. The molecule has 0 aliphatic rings. The molecule has 0 bridgehead atoms. The molecule has 0 spiro atoms. The molecule has 0 saturated carbocycles. The molecule has 2 aromatic rings. The van der Waals surface area contributed by atoms with Crippen LogP contribution in [0.3, 0.4) is 0 Å². The van der Waals surface area contributed by atoms with Crippen molar-refractivity contribution in [2.75, 3.05) is 11.9 Å². The zero-order chi connectivity index (χ0) is 10.5. The normalized spacial score (nSPS) is 10.5. The van der Waals surface area contributed by atoms with Crippen LogP contribution in [0.5, 0.6) is 0 Å². The van der Waals surface area contributed by atoms with Gasteiger partial charge in [0.05, 0.1) is 17.4 Å². The van der Waals surface area contributed by atoms with E-state index >= 15 is 0 Å². The van der Waals surface area contributed by atoms with Gasteiger partial charge in [-0.25, -0.2) is 0 Å². The summed E-state index contributed by atoms with van der Waals surface area (Å²) in [5.41, 5.74) is 2.02. The van der Waals surface area contributed by atoms with Crippen LogP contribution in [0.15, 0.2) is 30.5 Å². The van der Waals surface area contributed by atoms with E-state index in [2.05, 4.69) is 28.5 Å². The van der Waals surface area contributed by atoms with Crippen molar-refractivity contribution in [2.45, 2.75) is 19.8 Å². The Balaban J connectivity index is 2.26. The quantitative estimate of drug-likeness (QED) is 0.773. The molecule has 0 aliphatic carbocycles. The van der Waals surface area contributed by atoms with E-state index in [1.165, 1.54) is 12.8 Å². The topological polar surface area (TPSA) is 37.8 Å². The molecule has 0 aliphatic heterocycles. The lowest BCUT2D eigenvalue weighted by Crippen LogP contribution is -2.02. The largest absolute Gasteiger partial charge is 0.383 e. The number of aromatic nitrogens is 2. The van der Waals surface area contributed by atoms with Crippen LogP contribution in [0.1, 0.15) is 19.8 Å². The molecule has 0 saturated heterocycles. The molecule has 3 nitrogen and oxygen atoms in total. The highest BCUT2D eigenvalue weighted by molar-refractivity contribution is 5.90. The number of rotatable bonds is 4. The minimum absolute atomic E-state index is 0.944. The van der Waals surface area contributed by atoms with E-state index in [0.29, 0.717) is 0 Å². The third kappa shape index (κ3) is 2.24. The molecule has 15 heavy (non-hydrogen) atoms. The zero-order valence-corrected chi connectivity index (χ0v) is 8.90. The predicted octanol–water partition coefficient (Wildman–Crippen LogP) is 2.84. The van der Waals surface area contributed by atoms with Gasteiger partial charge in [0, 0.05) is 11.9 Å². The van der Waals surface area contributed by atoms with Gasteiger partial charge in [0.2, 0.25) is 0 Å². The Morgan fingerprint density at radius 2 is 2.13 bits per heavy atom. The number of unbranched alkanes of at least 4 members (excludes halogenated alkanes) is 1. The van der Waals surface area contributed by atoms with Crippen LogP contribution in [-0.2, 0) is 0 Å². The summed E-state index contributed by atoms with van der Waals surface area (Å²) in [5.74, 6) is 0. The molecule has 78 valence electrons. The van der Waals surface area contributed by atoms with Crippen molar-refractivity contribution in [1.82, 2.24) is 10.2 Å². The van der Waals surface area contributed by atoms with Gasteiger partial charge in [-0.1, -0.05) is 31.5 Å². The molecule has 2 rings (SSSR count). The average molecular weight is 201 g/mol. The molecule has 1 heterocycles. The first-order valence-corrected chi connectivity index (χ1v) is 5.36. The standard InChI is InChI=1S/C12H15N3/c1-2-3-8-13-12-9-14-15-11-7-5-4-6-10(11)12/h4-7,9H,2-3,8H2,1H3,(H,13,15). The van der Waals surface area contributed by atoms with Gasteiger partial charge in [-0.15, -0.1) is 0 Å². The van der Waals surface area contributed by atoms with Crippen LogP contribution in [-0.4, -0.2) is 16.7 Å². The number of benzene rings is 1. The smallest absolute Gasteiger partial charge is 0.0950 e. The zero-order valence-electron chi connectivity index (χ0n) is 8.90. The van der Waals surface area contributed by atoms with E-state index < -0.39 is 0 Å². The highest BCUT2D eigenvalue weighted by Gasteiger charge is 2.00. The molecule has 1 N–H and O–H groups in total. The van der Waals surface area contributed by atoms with Crippen molar-refractivity contribution in [2.24, 2.45) is 0 Å². The summed E-state index contributed by atoms with van der Waals surface area (Å²) in [7, 11) is 0. The lowest BCUT2D eigenvalue weighted by atomic mass is 10.2. The van der Waals surface area contributed by atoms with E-state index in [0.717, 1.165) is 23.1 Å². The second kappa shape index (κ2) is 4.73. The number of hydrogen-bond donors (Lipinski definition) is 1. The molecule has 0 amide bonds. The van der Waals surface area contributed by atoms with Gasteiger partial charge in [0.1, 0.15) is 0 Å². The number of hydrogen-bond acceptors (Lipinski definition) is 3. The van der Waals surface area contributed by atoms with Gasteiger partial charge in [-0.05, 0) is 12.5 Å². The maximum absolute atomic E-state index is 4.08. The van der Waals surface area contributed by atoms with E-state index in [-0.39, 0.29) is 0 Å². The second-order valence-electron chi connectivity index (χ2n) is 3.56. The highest BCUT2D eigenvalue weighted by atomic mass is 15.1. The first kappa shape index (κ1) is 9.90. The van der Waals surface area contributed by atoms with E-state index in [1.54, 1.807) is 6.20 Å². The highest BCUT2D eigenvalue weighted by Crippen LogP contribution is 2.19. The maximum atomic E-state index is 4.08. The van der Waals surface area contributed by atoms with Gasteiger partial charge in [-0.3, -0.25) is 0 Å². The molecule has 0 fully saturated rings. The molecular weight excluding hydrogens is 186 g/mol. The predicted molar refractivity (Wildman–Crippen MR) is 62.9 cm³/mol. The fourth-order valence-corrected chi connectivity index (χ4v) is 1.55. The van der Waals surface area contributed by atoms with Gasteiger partial charge in [0.15, 0.2) is 0 Å². The SMILES string of the molecule is CCCCNc1cnnc2ccccc12. The van der Waals surface area contributed by atoms with Crippen LogP contribution in [0.25, 0.3) is 10.9 Å². The molecule has 1 aromatic carbocycles. The van der Waals surface area contributed by atoms with E-state index in [9.17, 15) is 0 Å². The summed E-state index contributed by atoms with van der Waals surface area (Å²) in [6.07, 6.45) is 4.16. The summed E-state index contributed by atoms with van der Waals surface area (Å²) >= 11 is 0. The van der Waals surface area contributed by atoms with Crippen molar-refractivity contribution in [1.29, 1.82) is 0 Å². The van der Waals surface area contributed by atoms with Gasteiger partial charge >= 0.3 is 0 Å². The van der Waals surface area contributed by atoms with Gasteiger partial charge in [-0.2, -0.15) is 10.2 Å². The van der Waals surface area contributed by atoms with Gasteiger partial charge < -0.3 is 5.32 Å². The molecule has 3 heteroatoms. The Labute approximate surface area is 89.5 Å². The third-order valence-corrected chi connectivity index (χ3v) is 2.39. The Morgan fingerprint density at radius 1 is 1.27 bits per heavy atom. The molecule has 0 unspecified atom stereocenters. The Morgan fingerprint density at radius 3 is 3.00 bits per heavy atom. The maximum Gasteiger partial charge on any atom is 0.0950 e. The van der Waals surface area contributed by atoms with Gasteiger partial charge in [0.25, 0.3) is 0 Å². The summed E-state index contributed by atoms with van der Waals surface area (Å²) in [4.78, 5) is 0. The monoisotopic (exact) mass is 201 g/mol. The second-order valence-corrected chi connectivity index (χ2v) is 3.56. The molecule has 0 atom stereocenters. The Kier molecular flexibility index (Phi) is 3.12. The minimum Gasteiger partial charge on any atom is -0.383 e. The van der Waals surface area contributed by atoms with Crippen molar-refractivity contribution < 1.29 is 0 Å². The van der Waals surface area contributed by atoms with Crippen molar-refractivity contribution in [3.63, 3.8) is 0 Å². The van der Waals surface area contributed by atoms with E-state index in [1.807, 2.05) is 18.2 Å². The summed E-state index contributed by atoms with van der Waals surface area (Å²) in [6.45, 7) is 3.18. The van der Waals surface area contributed by atoms with Crippen molar-refractivity contribution in [3.05, 3.63) is 30.5 Å². The van der Waals surface area contributed by atoms with Crippen LogP contribution in [0.4, 0.5) is 5.69 Å². The Bertz CT molecular complexity index is 434. The first-order chi connectivity index (χ1) is 7.42. The van der Waals surface area contributed by atoms with Crippen LogP contribution >= 0.6 is 0 Å². The van der Waals surface area contributed by atoms with Crippen LogP contribution in [0, 0.1) is 0 Å². The number of anilines is 1. The fourth-order valence-electron chi connectivity index (χ4n) is 1.55. The number of fused-ring (bicyclic) bond motifs is 1. The Hall–Kier alpha value is -1.64. The van der Waals surface area contributed by atoms with E-state index in [4.69, 9.17) is 0 Å². The lowest BCUT2D eigenvalue weighted by molar-refractivity contribution is 0.834. The molecule has 0 radical (unpaired) electrons. The first-order valence-electron chi connectivity index (χ1n) is 5.36. The molecular formula is C12H15N3. The van der Waals surface area contributed by atoms with Crippen LogP contribution in [0.2, 0.25) is 0 Å². The minimum atomic E-state index is 0.944. The number of nitrogens with zero attached hydrogens (tertiary/aromatic N) is 2. The summed E-state index contributed by atoms with van der Waals surface area (Å²) < 4.78 is 0.